The summed E-state index contributed by atoms with van der Waals surface area (Å²) < 4.78 is 5.70. The van der Waals surface area contributed by atoms with Gasteiger partial charge in [-0.05, 0) is 42.3 Å². The van der Waals surface area contributed by atoms with Gasteiger partial charge in [-0.15, -0.1) is 0 Å². The lowest BCUT2D eigenvalue weighted by molar-refractivity contribution is 0.0947. The molecule has 0 heterocycles. The maximum Gasteiger partial charge on any atom is 0.251 e. The van der Waals surface area contributed by atoms with E-state index in [1.807, 2.05) is 24.3 Å². The minimum atomic E-state index is -0.126. The monoisotopic (exact) mass is 303 g/mol. The highest BCUT2D eigenvalue weighted by Gasteiger charge is 2.05. The van der Waals surface area contributed by atoms with Crippen LogP contribution in [0.1, 0.15) is 22.8 Å². The summed E-state index contributed by atoms with van der Waals surface area (Å²) in [5.74, 6) is 0.750. The highest BCUT2D eigenvalue weighted by molar-refractivity contribution is 6.30. The van der Waals surface area contributed by atoms with Crippen LogP contribution in [-0.2, 0) is 6.42 Å². The molecule has 0 fully saturated rings. The molecule has 0 spiro atoms. The molecule has 1 N–H and O–H groups in total. The molecule has 0 bridgehead atoms. The number of amides is 1. The molecule has 0 atom stereocenters. The molecule has 2 aromatic rings. The number of hydrogen-bond donors (Lipinski definition) is 1. The van der Waals surface area contributed by atoms with Gasteiger partial charge in [0.15, 0.2) is 0 Å². The first-order valence-corrected chi connectivity index (χ1v) is 7.33. The maximum atomic E-state index is 11.9. The number of halogens is 1. The fourth-order valence-corrected chi connectivity index (χ4v) is 2.09. The molecule has 0 aliphatic rings. The summed E-state index contributed by atoms with van der Waals surface area (Å²) in [4.78, 5) is 11.9. The Bertz CT molecular complexity index is 596. The summed E-state index contributed by atoms with van der Waals surface area (Å²) >= 11 is 5.79. The van der Waals surface area contributed by atoms with Crippen molar-refractivity contribution in [2.75, 3.05) is 13.2 Å². The second kappa shape index (κ2) is 7.70. The van der Waals surface area contributed by atoms with E-state index in [9.17, 15) is 4.79 Å². The second-order valence-electron chi connectivity index (χ2n) is 4.57. The molecule has 1 amide bonds. The first kappa shape index (κ1) is 15.4. The number of nitrogens with one attached hydrogen (secondary N) is 1. The molecule has 4 heteroatoms. The lowest BCUT2D eigenvalue weighted by Gasteiger charge is -2.11. The number of ether oxygens (including phenoxy) is 1. The fraction of sp³-hybridized carbons (Fsp3) is 0.235. The second-order valence-corrected chi connectivity index (χ2v) is 5.01. The summed E-state index contributed by atoms with van der Waals surface area (Å²) in [7, 11) is 0. The molecule has 0 unspecified atom stereocenters. The maximum absolute atomic E-state index is 11.9. The highest BCUT2D eigenvalue weighted by atomic mass is 35.5. The van der Waals surface area contributed by atoms with Gasteiger partial charge in [-0.25, -0.2) is 0 Å². The molecule has 0 saturated heterocycles. The first-order valence-electron chi connectivity index (χ1n) is 6.95. The lowest BCUT2D eigenvalue weighted by atomic mass is 10.1. The van der Waals surface area contributed by atoms with Crippen LogP contribution in [0.15, 0.2) is 48.5 Å². The van der Waals surface area contributed by atoms with Gasteiger partial charge < -0.3 is 10.1 Å². The van der Waals surface area contributed by atoms with Crippen LogP contribution in [0.25, 0.3) is 0 Å². The Balaban J connectivity index is 1.79. The Morgan fingerprint density at radius 1 is 1.14 bits per heavy atom. The van der Waals surface area contributed by atoms with Gasteiger partial charge in [0, 0.05) is 10.6 Å². The van der Waals surface area contributed by atoms with Crippen molar-refractivity contribution in [3.8, 4) is 5.75 Å². The molecular weight excluding hydrogens is 286 g/mol. The van der Waals surface area contributed by atoms with Crippen LogP contribution in [0.5, 0.6) is 5.75 Å². The summed E-state index contributed by atoms with van der Waals surface area (Å²) in [5, 5.41) is 3.44. The predicted molar refractivity (Wildman–Crippen MR) is 85.1 cm³/mol. The zero-order valence-electron chi connectivity index (χ0n) is 11.9. The molecule has 0 aromatic heterocycles. The van der Waals surface area contributed by atoms with Gasteiger partial charge in [0.2, 0.25) is 0 Å². The fourth-order valence-electron chi connectivity index (χ4n) is 1.97. The van der Waals surface area contributed by atoms with Crippen molar-refractivity contribution in [1.29, 1.82) is 0 Å². The number of carbonyl (C=O) groups is 1. The van der Waals surface area contributed by atoms with Crippen LogP contribution in [0.2, 0.25) is 5.02 Å². The third kappa shape index (κ3) is 4.50. The van der Waals surface area contributed by atoms with Crippen LogP contribution in [0.4, 0.5) is 0 Å². The van der Waals surface area contributed by atoms with E-state index >= 15 is 0 Å². The summed E-state index contributed by atoms with van der Waals surface area (Å²) in [6, 6.07) is 14.7. The highest BCUT2D eigenvalue weighted by Crippen LogP contribution is 2.17. The van der Waals surface area contributed by atoms with Crippen LogP contribution in [-0.4, -0.2) is 19.1 Å². The van der Waals surface area contributed by atoms with E-state index in [-0.39, 0.29) is 5.91 Å². The third-order valence-electron chi connectivity index (χ3n) is 3.11. The summed E-state index contributed by atoms with van der Waals surface area (Å²) in [6.45, 7) is 2.99. The number of carbonyl (C=O) groups excluding carboxylic acids is 1. The Morgan fingerprint density at radius 2 is 1.86 bits per heavy atom. The molecule has 0 aliphatic heterocycles. The largest absolute Gasteiger partial charge is 0.491 e. The van der Waals surface area contributed by atoms with Crippen molar-refractivity contribution in [2.45, 2.75) is 13.3 Å². The van der Waals surface area contributed by atoms with Gasteiger partial charge in [0.1, 0.15) is 12.4 Å². The number of hydrogen-bond acceptors (Lipinski definition) is 2. The van der Waals surface area contributed by atoms with Crippen molar-refractivity contribution in [1.82, 2.24) is 5.32 Å². The van der Waals surface area contributed by atoms with Crippen LogP contribution >= 0.6 is 11.6 Å². The van der Waals surface area contributed by atoms with Crippen LogP contribution in [0, 0.1) is 0 Å². The number of rotatable bonds is 6. The first-order chi connectivity index (χ1) is 10.2. The number of para-hydroxylation sites is 1. The Morgan fingerprint density at radius 3 is 2.57 bits per heavy atom. The standard InChI is InChI=1S/C17H18ClNO2/c1-2-13-5-3-4-6-16(13)21-12-11-19-17(20)14-7-9-15(18)10-8-14/h3-10H,2,11-12H2,1H3,(H,19,20). The van der Waals surface area contributed by atoms with Gasteiger partial charge in [0.05, 0.1) is 6.54 Å². The molecule has 3 nitrogen and oxygen atoms in total. The smallest absolute Gasteiger partial charge is 0.251 e. The summed E-state index contributed by atoms with van der Waals surface area (Å²) in [6.07, 6.45) is 0.924. The minimum absolute atomic E-state index is 0.126. The van der Waals surface area contributed by atoms with Gasteiger partial charge >= 0.3 is 0 Å². The molecule has 0 aliphatic carbocycles. The zero-order chi connectivity index (χ0) is 15.1. The topological polar surface area (TPSA) is 38.3 Å². The molecule has 0 saturated carbocycles. The summed E-state index contributed by atoms with van der Waals surface area (Å²) in [5.41, 5.74) is 1.76. The van der Waals surface area contributed by atoms with E-state index in [1.165, 1.54) is 5.56 Å². The van der Waals surface area contributed by atoms with Gasteiger partial charge in [-0.1, -0.05) is 36.7 Å². The third-order valence-corrected chi connectivity index (χ3v) is 3.36. The Hall–Kier alpha value is -2.00. The normalized spacial score (nSPS) is 10.2. The molecule has 110 valence electrons. The average Bonchev–Trinajstić information content (AvgIpc) is 2.52. The molecule has 2 rings (SSSR count). The van der Waals surface area contributed by atoms with Crippen molar-refractivity contribution < 1.29 is 9.53 Å². The van der Waals surface area contributed by atoms with E-state index in [4.69, 9.17) is 16.3 Å². The van der Waals surface area contributed by atoms with E-state index < -0.39 is 0 Å². The molecule has 2 aromatic carbocycles. The molecule has 21 heavy (non-hydrogen) atoms. The van der Waals surface area contributed by atoms with Crippen molar-refractivity contribution in [2.24, 2.45) is 0 Å². The van der Waals surface area contributed by atoms with Gasteiger partial charge in [-0.2, -0.15) is 0 Å². The van der Waals surface area contributed by atoms with Crippen LogP contribution < -0.4 is 10.1 Å². The minimum Gasteiger partial charge on any atom is -0.491 e. The van der Waals surface area contributed by atoms with Gasteiger partial charge in [-0.3, -0.25) is 4.79 Å². The van der Waals surface area contributed by atoms with Crippen molar-refractivity contribution in [3.05, 3.63) is 64.7 Å². The van der Waals surface area contributed by atoms with Crippen molar-refractivity contribution in [3.63, 3.8) is 0 Å². The van der Waals surface area contributed by atoms with E-state index in [0.29, 0.717) is 23.7 Å². The van der Waals surface area contributed by atoms with E-state index in [1.54, 1.807) is 24.3 Å². The Labute approximate surface area is 129 Å². The van der Waals surface area contributed by atoms with E-state index in [2.05, 4.69) is 12.2 Å². The number of benzene rings is 2. The number of aryl methyl sites for hydroxylation is 1. The zero-order valence-corrected chi connectivity index (χ0v) is 12.7. The molecule has 0 radical (unpaired) electrons. The SMILES string of the molecule is CCc1ccccc1OCCNC(=O)c1ccc(Cl)cc1. The molecular formula is C17H18ClNO2. The lowest BCUT2D eigenvalue weighted by Crippen LogP contribution is -2.28. The van der Waals surface area contributed by atoms with Crippen LogP contribution in [0.3, 0.4) is 0 Å². The van der Waals surface area contributed by atoms with E-state index in [0.717, 1.165) is 12.2 Å². The average molecular weight is 304 g/mol. The van der Waals surface area contributed by atoms with Crippen molar-refractivity contribution >= 4 is 17.5 Å². The Kier molecular flexibility index (Phi) is 5.64. The quantitative estimate of drug-likeness (QED) is 0.826. The van der Waals surface area contributed by atoms with Gasteiger partial charge in [0.25, 0.3) is 5.91 Å². The predicted octanol–water partition coefficient (Wildman–Crippen LogP) is 3.71.